The Bertz CT molecular complexity index is 2930. The Kier molecular flexibility index (Phi) is 15.9. The lowest BCUT2D eigenvalue weighted by Gasteiger charge is -2.45. The second kappa shape index (κ2) is 22.6. The summed E-state index contributed by atoms with van der Waals surface area (Å²) in [6.07, 6.45) is 4.09. The van der Waals surface area contributed by atoms with E-state index in [1.165, 1.54) is 29.4 Å². The largest absolute Gasteiger partial charge is 0.483 e. The molecule has 0 spiro atoms. The normalized spacial score (nSPS) is 22.8. The van der Waals surface area contributed by atoms with Gasteiger partial charge in [-0.3, -0.25) is 4.79 Å². The van der Waals surface area contributed by atoms with Crippen molar-refractivity contribution in [3.8, 4) is 5.75 Å². The molecule has 0 amide bonds. The number of methoxy groups -OCH3 is 1. The van der Waals surface area contributed by atoms with Crippen molar-refractivity contribution in [2.24, 2.45) is 5.92 Å². The highest BCUT2D eigenvalue weighted by Crippen LogP contribution is 2.51. The molecular weight excluding hydrogens is 905 g/mol. The molecule has 5 aromatic carbocycles. The van der Waals surface area contributed by atoms with E-state index in [1.807, 2.05) is 45.0 Å². The zero-order valence-electron chi connectivity index (χ0n) is 42.1. The van der Waals surface area contributed by atoms with Gasteiger partial charge in [-0.05, 0) is 154 Å². The smallest absolute Gasteiger partial charge is 0.340 e. The highest BCUT2D eigenvalue weighted by molar-refractivity contribution is 5.90. The van der Waals surface area contributed by atoms with Crippen LogP contribution >= 0.6 is 0 Å². The van der Waals surface area contributed by atoms with Gasteiger partial charge in [-0.2, -0.15) is 0 Å². The van der Waals surface area contributed by atoms with E-state index in [4.69, 9.17) is 23.4 Å². The summed E-state index contributed by atoms with van der Waals surface area (Å²) in [5, 5.41) is 21.5. The van der Waals surface area contributed by atoms with Crippen molar-refractivity contribution in [3.63, 3.8) is 0 Å². The van der Waals surface area contributed by atoms with Crippen LogP contribution in [-0.2, 0) is 49.7 Å². The fourth-order valence-corrected chi connectivity index (χ4v) is 11.9. The van der Waals surface area contributed by atoms with E-state index >= 15 is 4.79 Å². The molecule has 7 unspecified atom stereocenters. The first kappa shape index (κ1) is 50.6. The fourth-order valence-electron chi connectivity index (χ4n) is 11.9. The van der Waals surface area contributed by atoms with Crippen molar-refractivity contribution < 1.29 is 43.2 Å². The average Bonchev–Trinajstić information content (AvgIpc) is 3.37. The molecule has 3 aliphatic heterocycles. The Morgan fingerprint density at radius 1 is 0.806 bits per heavy atom. The number of fused-ring (bicyclic) bond motifs is 11. The molecule has 2 bridgehead atoms. The molecule has 1 aromatic heterocycles. The average molecular weight is 973 g/mol. The molecular formula is C62H68O10. The Labute approximate surface area is 423 Å². The van der Waals surface area contributed by atoms with Crippen LogP contribution in [-0.4, -0.2) is 54.2 Å². The van der Waals surface area contributed by atoms with Gasteiger partial charge in [0.1, 0.15) is 16.9 Å². The molecule has 1 saturated carbocycles. The first-order valence-electron chi connectivity index (χ1n) is 25.8. The highest BCUT2D eigenvalue weighted by atomic mass is 16.6. The Morgan fingerprint density at radius 2 is 1.54 bits per heavy atom. The number of esters is 2. The molecule has 7 atom stereocenters. The van der Waals surface area contributed by atoms with Crippen LogP contribution in [0.2, 0.25) is 0 Å². The second-order valence-corrected chi connectivity index (χ2v) is 20.7. The number of carbonyl (C=O) groups excluding carboxylic acids is 2. The van der Waals surface area contributed by atoms with Gasteiger partial charge >= 0.3 is 17.6 Å². The van der Waals surface area contributed by atoms with Crippen molar-refractivity contribution in [1.29, 1.82) is 0 Å². The van der Waals surface area contributed by atoms with Crippen LogP contribution in [0.3, 0.4) is 0 Å². The highest BCUT2D eigenvalue weighted by Gasteiger charge is 2.53. The SMILES string of the molecule is COCC(CCO)c1c(CO)c2ccc3c(c2oc1=O)C1OC(=O)CC2CC(c4cccc(Cc5ccccc5)c4)CCC2c2ccc(cc2)CCC(=C(C)C)C(=O)OC1C(C)(CCCc1ccccc1)O3. The number of aryl methyl sites for hydroxylation is 2. The van der Waals surface area contributed by atoms with Gasteiger partial charge in [0.25, 0.3) is 0 Å². The van der Waals surface area contributed by atoms with E-state index in [-0.39, 0.29) is 60.5 Å². The molecule has 6 aromatic rings. The number of carbonyl (C=O) groups is 2. The summed E-state index contributed by atoms with van der Waals surface area (Å²) in [5.41, 5.74) is 7.39. The van der Waals surface area contributed by atoms with Crippen LogP contribution in [0.15, 0.2) is 142 Å². The predicted octanol–water partition coefficient (Wildman–Crippen LogP) is 11.7. The summed E-state index contributed by atoms with van der Waals surface area (Å²) in [5.74, 6) is -1.07. The Hall–Kier alpha value is -6.33. The number of allylic oxidation sites excluding steroid dienone is 1. The molecule has 2 N–H and O–H groups in total. The first-order valence-corrected chi connectivity index (χ1v) is 25.8. The number of ether oxygens (including phenoxy) is 4. The van der Waals surface area contributed by atoms with Crippen LogP contribution in [0.1, 0.15) is 146 Å². The van der Waals surface area contributed by atoms with Gasteiger partial charge in [0, 0.05) is 42.6 Å². The van der Waals surface area contributed by atoms with Gasteiger partial charge in [-0.25, -0.2) is 9.59 Å². The molecule has 1 aliphatic carbocycles. The summed E-state index contributed by atoms with van der Waals surface area (Å²) in [6, 6.07) is 41.7. The predicted molar refractivity (Wildman–Crippen MR) is 278 cm³/mol. The molecule has 376 valence electrons. The van der Waals surface area contributed by atoms with Crippen LogP contribution in [0.25, 0.3) is 11.0 Å². The third-order valence-electron chi connectivity index (χ3n) is 15.6. The molecule has 72 heavy (non-hydrogen) atoms. The van der Waals surface area contributed by atoms with Crippen LogP contribution < -0.4 is 10.4 Å². The summed E-state index contributed by atoms with van der Waals surface area (Å²) < 4.78 is 32.5. The third-order valence-corrected chi connectivity index (χ3v) is 15.6. The van der Waals surface area contributed by atoms with Crippen molar-refractivity contribution in [2.45, 2.75) is 134 Å². The van der Waals surface area contributed by atoms with Crippen molar-refractivity contribution in [2.75, 3.05) is 20.3 Å². The van der Waals surface area contributed by atoms with E-state index in [0.717, 1.165) is 48.8 Å². The monoisotopic (exact) mass is 972 g/mol. The number of rotatable bonds is 13. The minimum absolute atomic E-state index is 0.0676. The summed E-state index contributed by atoms with van der Waals surface area (Å²) in [6.45, 7) is 5.08. The van der Waals surface area contributed by atoms with Gasteiger partial charge in [-0.1, -0.05) is 115 Å². The van der Waals surface area contributed by atoms with E-state index in [0.29, 0.717) is 48.0 Å². The Morgan fingerprint density at radius 3 is 2.25 bits per heavy atom. The first-order chi connectivity index (χ1) is 35.0. The van der Waals surface area contributed by atoms with Crippen LogP contribution in [0.5, 0.6) is 5.75 Å². The number of benzene rings is 5. The van der Waals surface area contributed by atoms with E-state index in [1.54, 1.807) is 12.1 Å². The van der Waals surface area contributed by atoms with Gasteiger partial charge < -0.3 is 33.6 Å². The zero-order valence-corrected chi connectivity index (χ0v) is 42.1. The van der Waals surface area contributed by atoms with Crippen molar-refractivity contribution in [3.05, 3.63) is 193 Å². The Balaban J connectivity index is 1.16. The maximum Gasteiger partial charge on any atom is 0.340 e. The number of hydrogen-bond acceptors (Lipinski definition) is 10. The molecule has 0 saturated heterocycles. The molecule has 10 rings (SSSR count). The van der Waals surface area contributed by atoms with Crippen LogP contribution in [0.4, 0.5) is 0 Å². The van der Waals surface area contributed by atoms with Crippen molar-refractivity contribution >= 4 is 22.9 Å². The van der Waals surface area contributed by atoms with E-state index < -0.39 is 47.9 Å². The lowest BCUT2D eigenvalue weighted by molar-refractivity contribution is -0.192. The van der Waals surface area contributed by atoms with Gasteiger partial charge in [0.05, 0.1) is 18.8 Å². The number of aliphatic hydroxyl groups is 2. The molecule has 1 fully saturated rings. The number of aliphatic hydroxyl groups excluding tert-OH is 2. The lowest BCUT2D eigenvalue weighted by atomic mass is 9.68. The van der Waals surface area contributed by atoms with E-state index in [2.05, 4.69) is 84.9 Å². The third kappa shape index (κ3) is 11.0. The maximum atomic E-state index is 15.2. The zero-order chi connectivity index (χ0) is 50.4. The molecule has 4 heterocycles. The fraction of sp³-hybridized carbons (Fsp3) is 0.403. The summed E-state index contributed by atoms with van der Waals surface area (Å²) in [7, 11) is 1.51. The summed E-state index contributed by atoms with van der Waals surface area (Å²) in [4.78, 5) is 44.4. The van der Waals surface area contributed by atoms with Crippen LogP contribution in [0, 0.1) is 5.92 Å². The molecule has 0 radical (unpaired) electrons. The number of hydrogen-bond donors (Lipinski definition) is 2. The standard InChI is InChI=1S/C62H68O10/c1-39(2)49-26-22-41-20-23-44(24-21-41)50-27-25-46(45-19-11-17-43(34-45)33-42-15-9-6-10-16-42)35-48(50)36-54(65)69-58-56-53(72-62(3,59(58)71-60(49)66)31-12-18-40-13-7-5-8-14-40)29-28-51-52(37-64)55(61(67)70-57(51)56)47(30-32-63)38-68-4/h5-11,13-17,19-21,23-24,28-29,34,46-48,50,58-59,63-64H,12,18,22,25-27,30-33,35-38H2,1-4H3. The van der Waals surface area contributed by atoms with Crippen molar-refractivity contribution in [1.82, 2.24) is 0 Å². The molecule has 10 heteroatoms. The van der Waals surface area contributed by atoms with Gasteiger partial charge in [0.15, 0.2) is 12.2 Å². The molecule has 10 nitrogen and oxygen atoms in total. The lowest BCUT2D eigenvalue weighted by Crippen LogP contribution is -2.54. The topological polar surface area (TPSA) is 142 Å². The van der Waals surface area contributed by atoms with E-state index in [9.17, 15) is 19.8 Å². The minimum atomic E-state index is -1.28. The molecule has 4 aliphatic rings. The minimum Gasteiger partial charge on any atom is -0.483 e. The van der Waals surface area contributed by atoms with Gasteiger partial charge in [-0.15, -0.1) is 0 Å². The summed E-state index contributed by atoms with van der Waals surface area (Å²) >= 11 is 0. The van der Waals surface area contributed by atoms with Gasteiger partial charge in [0.2, 0.25) is 0 Å². The quantitative estimate of drug-likeness (QED) is 0.0652. The maximum absolute atomic E-state index is 15.2. The second-order valence-electron chi connectivity index (χ2n) is 20.7.